The smallest absolute Gasteiger partial charge is 0.286 e. The second-order valence-electron chi connectivity index (χ2n) is 2.89. The fraction of sp³-hybridized carbons (Fsp3) is 0.571. The molecule has 0 spiro atoms. The first kappa shape index (κ1) is 15.5. The fourth-order valence-electron chi connectivity index (χ4n) is 0.784. The van der Waals surface area contributed by atoms with Gasteiger partial charge < -0.3 is 10.8 Å². The lowest BCUT2D eigenvalue weighted by Crippen LogP contribution is -2.43. The monoisotopic (exact) mass is 225 g/mol. The van der Waals surface area contributed by atoms with Crippen molar-refractivity contribution >= 4 is 16.0 Å². The van der Waals surface area contributed by atoms with E-state index < -0.39 is 27.3 Å². The van der Waals surface area contributed by atoms with Crippen LogP contribution in [-0.4, -0.2) is 29.7 Å². The molecular weight excluding hydrogens is 210 g/mol. The molecule has 7 heteroatoms. The predicted molar refractivity (Wildman–Crippen MR) is 52.1 cm³/mol. The van der Waals surface area contributed by atoms with Crippen LogP contribution in [0.4, 0.5) is 0 Å². The first-order valence-corrected chi connectivity index (χ1v) is 5.18. The van der Waals surface area contributed by atoms with E-state index in [1.807, 2.05) is 0 Å². The van der Waals surface area contributed by atoms with Gasteiger partial charge >= 0.3 is 0 Å². The second-order valence-corrected chi connectivity index (χ2v) is 4.43. The molecule has 4 N–H and O–H groups in total. The summed E-state index contributed by atoms with van der Waals surface area (Å²) in [6.07, 6.45) is 0.945. The Morgan fingerprint density at radius 1 is 1.50 bits per heavy atom. The van der Waals surface area contributed by atoms with Crippen molar-refractivity contribution in [2.24, 2.45) is 5.92 Å². The van der Waals surface area contributed by atoms with Gasteiger partial charge in [-0.3, -0.25) is 9.35 Å². The lowest BCUT2D eigenvalue weighted by molar-refractivity contribution is -0.116. The van der Waals surface area contributed by atoms with Gasteiger partial charge in [-0.2, -0.15) is 8.42 Å². The summed E-state index contributed by atoms with van der Waals surface area (Å²) in [5, 5.41) is 0.831. The molecular formula is C7H15NO5S. The van der Waals surface area contributed by atoms with Crippen molar-refractivity contribution < 1.29 is 23.2 Å². The highest BCUT2D eigenvalue weighted by molar-refractivity contribution is 7.86. The van der Waals surface area contributed by atoms with Crippen LogP contribution in [0.15, 0.2) is 12.7 Å². The zero-order valence-electron chi connectivity index (χ0n) is 8.02. The van der Waals surface area contributed by atoms with E-state index in [0.29, 0.717) is 0 Å². The predicted octanol–water partition coefficient (Wildman–Crippen LogP) is -0.666. The average molecular weight is 225 g/mol. The molecule has 0 heterocycles. The van der Waals surface area contributed by atoms with Crippen LogP contribution in [0.3, 0.4) is 0 Å². The van der Waals surface area contributed by atoms with E-state index in [2.05, 4.69) is 11.9 Å². The molecule has 1 amide bonds. The zero-order chi connectivity index (χ0) is 10.6. The van der Waals surface area contributed by atoms with Crippen molar-refractivity contribution in [2.75, 3.05) is 0 Å². The van der Waals surface area contributed by atoms with Gasteiger partial charge in [-0.1, -0.05) is 20.4 Å². The molecule has 0 aliphatic carbocycles. The quantitative estimate of drug-likeness (QED) is 0.487. The summed E-state index contributed by atoms with van der Waals surface area (Å²) in [7, 11) is -4.25. The molecule has 0 aromatic heterocycles. The average Bonchev–Trinajstić information content (AvgIpc) is 1.96. The van der Waals surface area contributed by atoms with Gasteiger partial charge in [0.1, 0.15) is 0 Å². The van der Waals surface area contributed by atoms with Gasteiger partial charge in [0.2, 0.25) is 5.91 Å². The van der Waals surface area contributed by atoms with Crippen LogP contribution in [0.25, 0.3) is 0 Å². The van der Waals surface area contributed by atoms with Crippen LogP contribution in [0.5, 0.6) is 0 Å². The summed E-state index contributed by atoms with van der Waals surface area (Å²) in [6.45, 7) is 6.31. The summed E-state index contributed by atoms with van der Waals surface area (Å²) in [6, 6.07) is 0. The Labute approximate surface area is 83.1 Å². The molecule has 6 nitrogen and oxygen atoms in total. The molecule has 1 unspecified atom stereocenters. The van der Waals surface area contributed by atoms with Crippen LogP contribution in [0.1, 0.15) is 13.8 Å². The Kier molecular flexibility index (Phi) is 6.37. The van der Waals surface area contributed by atoms with Crippen LogP contribution in [0.2, 0.25) is 0 Å². The Balaban J connectivity index is 0. The normalized spacial score (nSPS) is 12.9. The highest BCUT2D eigenvalue weighted by Crippen LogP contribution is 2.07. The molecule has 0 aliphatic rings. The van der Waals surface area contributed by atoms with Crippen molar-refractivity contribution in [3.63, 3.8) is 0 Å². The minimum Gasteiger partial charge on any atom is -0.412 e. The van der Waals surface area contributed by atoms with Crippen molar-refractivity contribution in [1.29, 1.82) is 0 Å². The Bertz CT molecular complexity index is 295. The summed E-state index contributed by atoms with van der Waals surface area (Å²) in [4.78, 5) is 10.8. The molecule has 0 saturated heterocycles. The minimum atomic E-state index is -4.25. The number of rotatable bonds is 4. The molecule has 0 fully saturated rings. The van der Waals surface area contributed by atoms with Gasteiger partial charge in [0, 0.05) is 0 Å². The van der Waals surface area contributed by atoms with E-state index in [-0.39, 0.29) is 5.48 Å². The minimum absolute atomic E-state index is 0. The lowest BCUT2D eigenvalue weighted by atomic mass is 10.2. The Morgan fingerprint density at radius 3 is 2.14 bits per heavy atom. The molecule has 0 aliphatic heterocycles. The number of hydrogen-bond donors (Lipinski definition) is 2. The van der Waals surface area contributed by atoms with E-state index in [1.54, 1.807) is 13.8 Å². The standard InChI is InChI=1S/C7H13NO4S.H2O/c1-4-6(9)8-7(5(2)3)13(10,11)12;/h4-5,7H,1H2,2-3H3,(H,8,9)(H,10,11,12);1H2. The van der Waals surface area contributed by atoms with E-state index in [0.717, 1.165) is 6.08 Å². The third-order valence-electron chi connectivity index (χ3n) is 1.40. The topological polar surface area (TPSA) is 115 Å². The number of carbonyl (C=O) groups is 1. The fourth-order valence-corrected chi connectivity index (χ4v) is 1.74. The molecule has 84 valence electrons. The van der Waals surface area contributed by atoms with Crippen LogP contribution < -0.4 is 5.32 Å². The van der Waals surface area contributed by atoms with Crippen LogP contribution in [0, 0.1) is 5.92 Å². The third kappa shape index (κ3) is 4.95. The van der Waals surface area contributed by atoms with Gasteiger partial charge in [-0.05, 0) is 12.0 Å². The van der Waals surface area contributed by atoms with Gasteiger partial charge in [0.15, 0.2) is 5.37 Å². The first-order chi connectivity index (χ1) is 5.79. The van der Waals surface area contributed by atoms with Gasteiger partial charge in [-0.15, -0.1) is 0 Å². The van der Waals surface area contributed by atoms with Crippen LogP contribution in [-0.2, 0) is 14.9 Å². The summed E-state index contributed by atoms with van der Waals surface area (Å²) < 4.78 is 30.2. The van der Waals surface area contributed by atoms with E-state index in [4.69, 9.17) is 4.55 Å². The molecule has 0 rings (SSSR count). The molecule has 14 heavy (non-hydrogen) atoms. The molecule has 0 bridgehead atoms. The SMILES string of the molecule is C=CC(=O)NC(C(C)C)S(=O)(=O)O.O. The van der Waals surface area contributed by atoms with Crippen molar-refractivity contribution in [1.82, 2.24) is 5.32 Å². The summed E-state index contributed by atoms with van der Waals surface area (Å²) in [5.41, 5.74) is 0. The van der Waals surface area contributed by atoms with Gasteiger partial charge in [0.25, 0.3) is 10.1 Å². The van der Waals surface area contributed by atoms with E-state index >= 15 is 0 Å². The van der Waals surface area contributed by atoms with E-state index in [1.165, 1.54) is 0 Å². The van der Waals surface area contributed by atoms with Gasteiger partial charge in [0.05, 0.1) is 0 Å². The number of nitrogens with one attached hydrogen (secondary N) is 1. The maximum absolute atomic E-state index is 10.8. The van der Waals surface area contributed by atoms with Gasteiger partial charge in [-0.25, -0.2) is 0 Å². The number of amides is 1. The highest BCUT2D eigenvalue weighted by Gasteiger charge is 2.27. The van der Waals surface area contributed by atoms with Crippen molar-refractivity contribution in [3.05, 3.63) is 12.7 Å². The number of carbonyl (C=O) groups excluding carboxylic acids is 1. The largest absolute Gasteiger partial charge is 0.412 e. The lowest BCUT2D eigenvalue weighted by Gasteiger charge is -2.17. The second kappa shape index (κ2) is 5.74. The maximum Gasteiger partial charge on any atom is 0.286 e. The van der Waals surface area contributed by atoms with Crippen molar-refractivity contribution in [2.45, 2.75) is 19.2 Å². The molecule has 0 radical (unpaired) electrons. The molecule has 0 saturated carbocycles. The molecule has 0 aromatic carbocycles. The summed E-state index contributed by atoms with van der Waals surface area (Å²) >= 11 is 0. The summed E-state index contributed by atoms with van der Waals surface area (Å²) in [5.74, 6) is -1.03. The van der Waals surface area contributed by atoms with E-state index in [9.17, 15) is 13.2 Å². The van der Waals surface area contributed by atoms with Crippen molar-refractivity contribution in [3.8, 4) is 0 Å². The third-order valence-corrected chi connectivity index (χ3v) is 2.70. The zero-order valence-corrected chi connectivity index (χ0v) is 8.84. The van der Waals surface area contributed by atoms with Crippen LogP contribution >= 0.6 is 0 Å². The Morgan fingerprint density at radius 2 is 1.93 bits per heavy atom. The highest BCUT2D eigenvalue weighted by atomic mass is 32.2. The first-order valence-electron chi connectivity index (χ1n) is 3.68. The number of hydrogen-bond acceptors (Lipinski definition) is 3. The Hall–Kier alpha value is -0.920. The molecule has 0 aromatic rings. The molecule has 1 atom stereocenters. The maximum atomic E-state index is 10.8.